The third-order valence-corrected chi connectivity index (χ3v) is 15.5. The average Bonchev–Trinajstić information content (AvgIpc) is 3.84. The lowest BCUT2D eigenvalue weighted by atomic mass is 9.67. The van der Waals surface area contributed by atoms with E-state index in [0.717, 1.165) is 17.1 Å². The van der Waals surface area contributed by atoms with Crippen molar-refractivity contribution in [1.82, 2.24) is 4.57 Å². The minimum atomic E-state index is 0.0697. The topological polar surface area (TPSA) is 8.17 Å². The fourth-order valence-corrected chi connectivity index (χ4v) is 12.5. The molecule has 11 aromatic rings. The molecule has 0 saturated heterocycles. The van der Waals surface area contributed by atoms with E-state index >= 15 is 0 Å². The van der Waals surface area contributed by atoms with Gasteiger partial charge in [-0.15, -0.1) is 0 Å². The van der Waals surface area contributed by atoms with Crippen molar-refractivity contribution in [3.05, 3.63) is 242 Å². The zero-order valence-electron chi connectivity index (χ0n) is 37.9. The highest BCUT2D eigenvalue weighted by Crippen LogP contribution is 2.62. The molecule has 3 aliphatic rings. The molecule has 0 atom stereocenters. The summed E-state index contributed by atoms with van der Waals surface area (Å²) < 4.78 is 2.61. The maximum atomic E-state index is 2.61. The predicted octanol–water partition coefficient (Wildman–Crippen LogP) is 18.1. The molecule has 322 valence electrons. The number of hydrogen-bond acceptors (Lipinski definition) is 1. The molecule has 1 spiro atoms. The molecule has 1 aromatic heterocycles. The van der Waals surface area contributed by atoms with Crippen molar-refractivity contribution in [2.24, 2.45) is 0 Å². The van der Waals surface area contributed by atoms with E-state index in [9.17, 15) is 0 Å². The average molecular weight is 869 g/mol. The Morgan fingerprint density at radius 3 is 1.72 bits per heavy atom. The van der Waals surface area contributed by atoms with E-state index < -0.39 is 0 Å². The smallest absolute Gasteiger partial charge is 0.0623 e. The molecule has 2 heterocycles. The van der Waals surface area contributed by atoms with Gasteiger partial charge in [0.25, 0.3) is 0 Å². The van der Waals surface area contributed by atoms with Gasteiger partial charge in [-0.1, -0.05) is 195 Å². The van der Waals surface area contributed by atoms with Gasteiger partial charge in [-0.25, -0.2) is 0 Å². The van der Waals surface area contributed by atoms with Crippen LogP contribution in [0.3, 0.4) is 0 Å². The number of para-hydroxylation sites is 1. The van der Waals surface area contributed by atoms with Crippen molar-refractivity contribution in [3.8, 4) is 72.4 Å². The van der Waals surface area contributed by atoms with Crippen LogP contribution >= 0.6 is 0 Å². The van der Waals surface area contributed by atoms with Gasteiger partial charge in [0.05, 0.1) is 16.7 Å². The van der Waals surface area contributed by atoms with Crippen LogP contribution in [0.2, 0.25) is 0 Å². The highest BCUT2D eigenvalue weighted by atomic mass is 15.1. The Hall–Kier alpha value is -8.20. The summed E-state index contributed by atoms with van der Waals surface area (Å²) in [6.07, 6.45) is 6.31. The standard InChI is InChI=1S/C66H48N2/c1-5-17-44(18-6-1)45-29-32-50(33-30-45)67(52-34-35-53(46-19-7-2-8-20-46)57(43-52)47-21-9-3-10-22-47)51-24-15-23-48(41-51)49-31-38-62-58(42-49)55-26-16-27-59-63(55)64-60(66(59)39-13-4-14-40-66)37-36-56-54-25-11-12-28-61(54)68(62)65(56)64/h1-3,5-12,15-38,41-43H,4,13-14,39-40H2. The van der Waals surface area contributed by atoms with Gasteiger partial charge in [0.15, 0.2) is 0 Å². The first kappa shape index (κ1) is 39.0. The SMILES string of the molecule is c1ccc(-c2ccc(N(c3cccc(-c4ccc5c(c4)-c4cccc6c4-c4c(ccc7c8ccccc8n-5c47)C64CCCCC4)c3)c3ccc(-c4ccccc4)c(-c4ccccc4)c3)cc2)cc1. The molecule has 68 heavy (non-hydrogen) atoms. The number of hydrogen-bond donors (Lipinski definition) is 0. The number of benzene rings is 10. The van der Waals surface area contributed by atoms with Crippen molar-refractivity contribution in [2.75, 3.05) is 4.90 Å². The highest BCUT2D eigenvalue weighted by Gasteiger charge is 2.47. The molecule has 1 aliphatic heterocycles. The molecule has 10 aromatic carbocycles. The molecule has 0 radical (unpaired) electrons. The lowest BCUT2D eigenvalue weighted by molar-refractivity contribution is 0.353. The Kier molecular flexibility index (Phi) is 8.86. The van der Waals surface area contributed by atoms with Gasteiger partial charge in [0.2, 0.25) is 0 Å². The summed E-state index contributed by atoms with van der Waals surface area (Å²) in [5, 5.41) is 2.67. The molecule has 0 amide bonds. The summed E-state index contributed by atoms with van der Waals surface area (Å²) in [6.45, 7) is 0. The summed E-state index contributed by atoms with van der Waals surface area (Å²) in [4.78, 5) is 2.43. The highest BCUT2D eigenvalue weighted by molar-refractivity contribution is 6.19. The minimum absolute atomic E-state index is 0.0697. The first-order valence-electron chi connectivity index (χ1n) is 24.4. The van der Waals surface area contributed by atoms with Gasteiger partial charge in [-0.2, -0.15) is 0 Å². The fraction of sp³-hybridized carbons (Fsp3) is 0.0909. The number of aromatic nitrogens is 1. The van der Waals surface area contributed by atoms with Crippen LogP contribution in [0, 0.1) is 0 Å². The molecule has 0 N–H and O–H groups in total. The van der Waals surface area contributed by atoms with Gasteiger partial charge >= 0.3 is 0 Å². The molecule has 1 fully saturated rings. The molecule has 14 rings (SSSR count). The number of fused-ring (bicyclic) bond motifs is 8. The van der Waals surface area contributed by atoms with Crippen LogP contribution in [0.15, 0.2) is 231 Å². The number of rotatable bonds is 7. The first-order chi connectivity index (χ1) is 33.7. The first-order valence-corrected chi connectivity index (χ1v) is 24.4. The van der Waals surface area contributed by atoms with E-state index in [1.54, 1.807) is 5.56 Å². The van der Waals surface area contributed by atoms with Crippen LogP contribution in [0.25, 0.3) is 94.3 Å². The number of nitrogens with zero attached hydrogens (tertiary/aromatic N) is 2. The summed E-state index contributed by atoms with van der Waals surface area (Å²) >= 11 is 0. The third kappa shape index (κ3) is 5.90. The van der Waals surface area contributed by atoms with Crippen LogP contribution in [0.5, 0.6) is 0 Å². The minimum Gasteiger partial charge on any atom is -0.310 e. The van der Waals surface area contributed by atoms with Crippen LogP contribution in [0.4, 0.5) is 17.1 Å². The molecule has 1 saturated carbocycles. The Morgan fingerprint density at radius 1 is 0.338 bits per heavy atom. The van der Waals surface area contributed by atoms with E-state index in [1.807, 2.05) is 0 Å². The molecule has 2 nitrogen and oxygen atoms in total. The summed E-state index contributed by atoms with van der Waals surface area (Å²) in [5.41, 5.74) is 25.5. The lowest BCUT2D eigenvalue weighted by Gasteiger charge is -2.36. The van der Waals surface area contributed by atoms with Crippen molar-refractivity contribution in [2.45, 2.75) is 37.5 Å². The van der Waals surface area contributed by atoms with Crippen LogP contribution in [-0.4, -0.2) is 4.57 Å². The summed E-state index contributed by atoms with van der Waals surface area (Å²) in [7, 11) is 0. The van der Waals surface area contributed by atoms with E-state index in [0.29, 0.717) is 0 Å². The van der Waals surface area contributed by atoms with Crippen LogP contribution < -0.4 is 4.90 Å². The molecular formula is C66H48N2. The predicted molar refractivity (Wildman–Crippen MR) is 286 cm³/mol. The Labute approximate surface area is 398 Å². The van der Waals surface area contributed by atoms with Crippen molar-refractivity contribution < 1.29 is 0 Å². The van der Waals surface area contributed by atoms with Gasteiger partial charge in [-0.3, -0.25) is 0 Å². The maximum Gasteiger partial charge on any atom is 0.0623 e. The monoisotopic (exact) mass is 868 g/mol. The van der Waals surface area contributed by atoms with Gasteiger partial charge in [-0.05, 0) is 134 Å². The van der Waals surface area contributed by atoms with Gasteiger partial charge in [0.1, 0.15) is 0 Å². The Bertz CT molecular complexity index is 3740. The van der Waals surface area contributed by atoms with E-state index in [1.165, 1.54) is 132 Å². The second-order valence-electron chi connectivity index (χ2n) is 19.1. The second-order valence-corrected chi connectivity index (χ2v) is 19.1. The Balaban J connectivity index is 0.956. The summed E-state index contributed by atoms with van der Waals surface area (Å²) in [5.74, 6) is 0. The zero-order chi connectivity index (χ0) is 44.8. The molecular weight excluding hydrogens is 821 g/mol. The quantitative estimate of drug-likeness (QED) is 0.155. The lowest BCUT2D eigenvalue weighted by Crippen LogP contribution is -2.28. The third-order valence-electron chi connectivity index (χ3n) is 15.5. The van der Waals surface area contributed by atoms with Crippen molar-refractivity contribution in [1.29, 1.82) is 0 Å². The van der Waals surface area contributed by atoms with E-state index in [-0.39, 0.29) is 5.41 Å². The second kappa shape index (κ2) is 15.4. The van der Waals surface area contributed by atoms with Crippen molar-refractivity contribution in [3.63, 3.8) is 0 Å². The number of anilines is 3. The molecule has 2 heteroatoms. The summed E-state index contributed by atoms with van der Waals surface area (Å²) in [6, 6.07) is 85.9. The molecule has 0 unspecified atom stereocenters. The molecule has 0 bridgehead atoms. The van der Waals surface area contributed by atoms with E-state index in [2.05, 4.69) is 240 Å². The van der Waals surface area contributed by atoms with Crippen LogP contribution in [-0.2, 0) is 5.41 Å². The van der Waals surface area contributed by atoms with Crippen LogP contribution in [0.1, 0.15) is 43.2 Å². The van der Waals surface area contributed by atoms with Gasteiger partial charge in [0, 0.05) is 44.4 Å². The largest absolute Gasteiger partial charge is 0.310 e. The van der Waals surface area contributed by atoms with Crippen molar-refractivity contribution >= 4 is 38.9 Å². The Morgan fingerprint density at radius 2 is 0.941 bits per heavy atom. The van der Waals surface area contributed by atoms with E-state index in [4.69, 9.17) is 0 Å². The normalized spacial score (nSPS) is 14.0. The zero-order valence-corrected chi connectivity index (χ0v) is 37.9. The fourth-order valence-electron chi connectivity index (χ4n) is 12.5. The van der Waals surface area contributed by atoms with Gasteiger partial charge < -0.3 is 9.47 Å². The molecule has 2 aliphatic carbocycles. The maximum absolute atomic E-state index is 2.61.